The highest BCUT2D eigenvalue weighted by atomic mass is 16.6. The minimum absolute atomic E-state index is 0.200. The van der Waals surface area contributed by atoms with Gasteiger partial charge in [-0.25, -0.2) is 9.78 Å². The molecule has 0 amide bonds. The number of benzene rings is 3. The maximum absolute atomic E-state index is 12.4. The normalized spacial score (nSPS) is 11.3. The Kier molecular flexibility index (Phi) is 10.3. The zero-order valence-corrected chi connectivity index (χ0v) is 22.5. The van der Waals surface area contributed by atoms with Crippen LogP contribution in [0.15, 0.2) is 94.5 Å². The van der Waals surface area contributed by atoms with Crippen molar-refractivity contribution in [2.75, 3.05) is 6.61 Å². The number of rotatable bonds is 14. The molecule has 0 saturated heterocycles. The lowest BCUT2D eigenvalue weighted by atomic mass is 10.1. The number of aryl methyl sites for hydroxylation is 2. The molecule has 0 aliphatic carbocycles. The second-order valence-electron chi connectivity index (χ2n) is 9.05. The van der Waals surface area contributed by atoms with E-state index in [2.05, 4.69) is 22.3 Å². The minimum Gasteiger partial charge on any atom is -0.487 e. The smallest absolute Gasteiger partial charge is 0.356 e. The number of oxazole rings is 1. The Bertz CT molecular complexity index is 1350. The van der Waals surface area contributed by atoms with E-state index >= 15 is 0 Å². The van der Waals surface area contributed by atoms with E-state index in [1.54, 1.807) is 6.92 Å². The Morgan fingerprint density at radius 1 is 0.897 bits per heavy atom. The van der Waals surface area contributed by atoms with Gasteiger partial charge in [0.1, 0.15) is 30.4 Å². The van der Waals surface area contributed by atoms with Gasteiger partial charge in [0.05, 0.1) is 6.61 Å². The molecule has 1 heterocycles. The highest BCUT2D eigenvalue weighted by Gasteiger charge is 2.14. The Morgan fingerprint density at radius 2 is 1.64 bits per heavy atom. The quantitative estimate of drug-likeness (QED) is 0.0756. The lowest BCUT2D eigenvalue weighted by molar-refractivity contribution is -0.135. The van der Waals surface area contributed by atoms with E-state index in [0.29, 0.717) is 30.4 Å². The van der Waals surface area contributed by atoms with E-state index in [4.69, 9.17) is 18.7 Å². The van der Waals surface area contributed by atoms with Crippen molar-refractivity contribution in [2.45, 2.75) is 52.7 Å². The zero-order chi connectivity index (χ0) is 27.3. The number of esters is 1. The van der Waals surface area contributed by atoms with Crippen LogP contribution in [0.25, 0.3) is 11.5 Å². The largest absolute Gasteiger partial charge is 0.487 e. The summed E-state index contributed by atoms with van der Waals surface area (Å²) < 4.78 is 17.0. The van der Waals surface area contributed by atoms with E-state index < -0.39 is 5.97 Å². The summed E-state index contributed by atoms with van der Waals surface area (Å²) in [5.74, 6) is 1.53. The van der Waals surface area contributed by atoms with Crippen molar-refractivity contribution < 1.29 is 23.5 Å². The molecule has 39 heavy (non-hydrogen) atoms. The Labute approximate surface area is 229 Å². The van der Waals surface area contributed by atoms with E-state index in [9.17, 15) is 4.79 Å². The first-order chi connectivity index (χ1) is 19.1. The fourth-order valence-electron chi connectivity index (χ4n) is 3.99. The van der Waals surface area contributed by atoms with Crippen LogP contribution in [0, 0.1) is 6.92 Å². The predicted molar refractivity (Wildman–Crippen MR) is 150 cm³/mol. The van der Waals surface area contributed by atoms with Gasteiger partial charge in [0.15, 0.2) is 5.71 Å². The second-order valence-corrected chi connectivity index (χ2v) is 9.05. The summed E-state index contributed by atoms with van der Waals surface area (Å²) in [5.41, 5.74) is 4.11. The maximum Gasteiger partial charge on any atom is 0.356 e. The molecule has 0 unspecified atom stereocenters. The highest BCUT2D eigenvalue weighted by molar-refractivity contribution is 6.36. The van der Waals surface area contributed by atoms with Crippen molar-refractivity contribution in [3.8, 4) is 17.2 Å². The molecule has 0 spiro atoms. The first-order valence-electron chi connectivity index (χ1n) is 13.3. The van der Waals surface area contributed by atoms with Gasteiger partial charge in [0.25, 0.3) is 0 Å². The standard InChI is InChI=1S/C32H34N2O5/c1-3-36-32(35)29(20-11-10-15-25-13-6-4-7-14-25)34-38-22-26-16-12-19-28(21-26)37-23-30-24(2)39-31(33-30)27-17-8-5-9-18-27/h4-9,12-14,16-19,21H,3,10-11,15,20,22-23H2,1-2H3/b34-29-. The second kappa shape index (κ2) is 14.5. The third-order valence-electron chi connectivity index (χ3n) is 6.08. The van der Waals surface area contributed by atoms with Crippen molar-refractivity contribution in [1.29, 1.82) is 0 Å². The highest BCUT2D eigenvalue weighted by Crippen LogP contribution is 2.23. The predicted octanol–water partition coefficient (Wildman–Crippen LogP) is 7.08. The molecule has 0 saturated carbocycles. The van der Waals surface area contributed by atoms with Crippen LogP contribution in [-0.4, -0.2) is 23.3 Å². The van der Waals surface area contributed by atoms with Crippen LogP contribution in [0.5, 0.6) is 5.75 Å². The van der Waals surface area contributed by atoms with Crippen molar-refractivity contribution in [3.05, 3.63) is 108 Å². The van der Waals surface area contributed by atoms with Crippen LogP contribution in [0.2, 0.25) is 0 Å². The monoisotopic (exact) mass is 526 g/mol. The van der Waals surface area contributed by atoms with E-state index in [1.807, 2.05) is 79.7 Å². The van der Waals surface area contributed by atoms with Gasteiger partial charge in [0, 0.05) is 12.0 Å². The summed E-state index contributed by atoms with van der Waals surface area (Å²) in [4.78, 5) is 22.5. The van der Waals surface area contributed by atoms with Crippen LogP contribution in [-0.2, 0) is 34.0 Å². The number of hydrogen-bond donors (Lipinski definition) is 0. The number of aromatic nitrogens is 1. The maximum atomic E-state index is 12.4. The van der Waals surface area contributed by atoms with Crippen LogP contribution in [0.1, 0.15) is 48.8 Å². The van der Waals surface area contributed by atoms with Crippen LogP contribution in [0.4, 0.5) is 0 Å². The lowest BCUT2D eigenvalue weighted by Gasteiger charge is -2.08. The number of unbranched alkanes of at least 4 members (excludes halogenated alkanes) is 1. The molecule has 3 aromatic carbocycles. The first kappa shape index (κ1) is 27.6. The van der Waals surface area contributed by atoms with Crippen molar-refractivity contribution >= 4 is 11.7 Å². The van der Waals surface area contributed by atoms with Gasteiger partial charge in [-0.05, 0) is 68.5 Å². The number of hydrogen-bond acceptors (Lipinski definition) is 7. The first-order valence-corrected chi connectivity index (χ1v) is 13.3. The summed E-state index contributed by atoms with van der Waals surface area (Å²) in [6.07, 6.45) is 3.20. The topological polar surface area (TPSA) is 83.2 Å². The number of carbonyl (C=O) groups is 1. The van der Waals surface area contributed by atoms with Crippen molar-refractivity contribution in [2.24, 2.45) is 5.16 Å². The Hall–Kier alpha value is -4.39. The molecule has 1 aromatic heterocycles. The average Bonchev–Trinajstić information content (AvgIpc) is 3.35. The fraction of sp³-hybridized carbons (Fsp3) is 0.281. The van der Waals surface area contributed by atoms with Gasteiger partial charge in [-0.1, -0.05) is 65.8 Å². The molecule has 0 bridgehead atoms. The zero-order valence-electron chi connectivity index (χ0n) is 22.5. The molecule has 0 aliphatic rings. The molecular weight excluding hydrogens is 492 g/mol. The average molecular weight is 527 g/mol. The van der Waals surface area contributed by atoms with Crippen molar-refractivity contribution in [3.63, 3.8) is 0 Å². The van der Waals surface area contributed by atoms with Gasteiger partial charge < -0.3 is 18.7 Å². The van der Waals surface area contributed by atoms with Gasteiger partial charge >= 0.3 is 5.97 Å². The van der Waals surface area contributed by atoms with Gasteiger partial charge in [-0.3, -0.25) is 0 Å². The van der Waals surface area contributed by atoms with Crippen LogP contribution >= 0.6 is 0 Å². The van der Waals surface area contributed by atoms with Crippen LogP contribution in [0.3, 0.4) is 0 Å². The Balaban J connectivity index is 1.29. The molecule has 7 heteroatoms. The summed E-state index contributed by atoms with van der Waals surface area (Å²) in [7, 11) is 0. The fourth-order valence-corrected chi connectivity index (χ4v) is 3.99. The summed E-state index contributed by atoms with van der Waals surface area (Å²) in [5, 5.41) is 4.13. The van der Waals surface area contributed by atoms with Crippen LogP contribution < -0.4 is 4.74 Å². The molecule has 202 valence electrons. The van der Waals surface area contributed by atoms with E-state index in [-0.39, 0.29) is 13.2 Å². The van der Waals surface area contributed by atoms with Gasteiger partial charge in [0.2, 0.25) is 5.89 Å². The van der Waals surface area contributed by atoms with Gasteiger partial charge in [-0.15, -0.1) is 0 Å². The number of oxime groups is 1. The Morgan fingerprint density at radius 3 is 2.41 bits per heavy atom. The third kappa shape index (κ3) is 8.57. The minimum atomic E-state index is -0.438. The molecule has 0 N–H and O–H groups in total. The molecule has 4 aromatic rings. The van der Waals surface area contributed by atoms with Gasteiger partial charge in [-0.2, -0.15) is 0 Å². The molecule has 7 nitrogen and oxygen atoms in total. The SMILES string of the molecule is CCOC(=O)/C(CCCCc1ccccc1)=N\OCc1cccc(OCc2nc(-c3ccccc3)oc2C)c1. The molecule has 0 aliphatic heterocycles. The molecule has 0 atom stereocenters. The molecule has 0 radical (unpaired) electrons. The summed E-state index contributed by atoms with van der Waals surface area (Å²) >= 11 is 0. The van der Waals surface area contributed by atoms with E-state index in [0.717, 1.165) is 41.8 Å². The number of carbonyl (C=O) groups excluding carboxylic acids is 1. The number of nitrogens with zero attached hydrogens (tertiary/aromatic N) is 2. The van der Waals surface area contributed by atoms with E-state index in [1.165, 1.54) is 5.56 Å². The van der Waals surface area contributed by atoms with Crippen molar-refractivity contribution in [1.82, 2.24) is 4.98 Å². The lowest BCUT2D eigenvalue weighted by Crippen LogP contribution is -2.18. The molecule has 4 rings (SSSR count). The number of ether oxygens (including phenoxy) is 2. The third-order valence-corrected chi connectivity index (χ3v) is 6.08. The summed E-state index contributed by atoms with van der Waals surface area (Å²) in [6, 6.07) is 27.6. The molecular formula is C32H34N2O5. The summed E-state index contributed by atoms with van der Waals surface area (Å²) in [6.45, 7) is 4.43. The molecule has 0 fully saturated rings.